The van der Waals surface area contributed by atoms with Crippen LogP contribution in [0.5, 0.6) is 0 Å². The average Bonchev–Trinajstić information content (AvgIpc) is 2.32. The van der Waals surface area contributed by atoms with Gasteiger partial charge in [-0.3, -0.25) is 0 Å². The summed E-state index contributed by atoms with van der Waals surface area (Å²) >= 11 is 0. The van der Waals surface area contributed by atoms with E-state index in [1.54, 1.807) is 6.20 Å². The molecule has 0 N–H and O–H groups in total. The van der Waals surface area contributed by atoms with Crippen molar-refractivity contribution >= 4 is 12.0 Å². The Bertz CT molecular complexity index is 421. The maximum absolute atomic E-state index is 4.27. The summed E-state index contributed by atoms with van der Waals surface area (Å²) in [7, 11) is 0. The second kappa shape index (κ2) is 5.05. The van der Waals surface area contributed by atoms with Gasteiger partial charge in [0.15, 0.2) is 5.82 Å². The smallest absolute Gasteiger partial charge is 0.151 e. The van der Waals surface area contributed by atoms with Crippen molar-refractivity contribution in [3.05, 3.63) is 60.3 Å². The summed E-state index contributed by atoms with van der Waals surface area (Å²) in [5.41, 5.74) is 1.26. The molecular weight excluding hydrogens is 184 g/mol. The lowest BCUT2D eigenvalue weighted by molar-refractivity contribution is 1.26. The van der Waals surface area contributed by atoms with Crippen molar-refractivity contribution < 1.29 is 0 Å². The van der Waals surface area contributed by atoms with E-state index >= 15 is 0 Å². The summed E-state index contributed by atoms with van der Waals surface area (Å²) in [6.45, 7) is 0. The van der Waals surface area contributed by atoms with E-state index in [2.05, 4.69) is 22.1 Å². The molecule has 2 rings (SSSR count). The highest BCUT2D eigenvalue weighted by molar-refractivity contribution is 5.64. The van der Waals surface area contributed by atoms with Gasteiger partial charge in [-0.05, 0) is 17.7 Å². The molecule has 0 unspecified atom stereocenters. The zero-order chi connectivity index (χ0) is 10.3. The van der Waals surface area contributed by atoms with Crippen LogP contribution in [0.2, 0.25) is 0 Å². The Morgan fingerprint density at radius 3 is 2.53 bits per heavy atom. The Kier molecular flexibility index (Phi) is 3.23. The van der Waals surface area contributed by atoms with E-state index in [0.29, 0.717) is 0 Å². The van der Waals surface area contributed by atoms with E-state index in [1.807, 2.05) is 42.6 Å². The molecule has 0 aliphatic heterocycles. The molecule has 0 spiro atoms. The first-order valence-electron chi connectivity index (χ1n) is 4.92. The molecule has 0 amide bonds. The van der Waals surface area contributed by atoms with Crippen LogP contribution in [0.1, 0.15) is 5.56 Å². The molecule has 74 valence electrons. The highest BCUT2D eigenvalue weighted by atomic mass is 14.9. The fourth-order valence-corrected chi connectivity index (χ4v) is 1.29. The highest BCUT2D eigenvalue weighted by Gasteiger charge is 1.88. The van der Waals surface area contributed by atoms with Crippen molar-refractivity contribution in [1.82, 2.24) is 4.98 Å². The Labute approximate surface area is 89.3 Å². The molecule has 1 aromatic carbocycles. The van der Waals surface area contributed by atoms with Crippen LogP contribution in [0.25, 0.3) is 0 Å². The third kappa shape index (κ3) is 3.02. The maximum Gasteiger partial charge on any atom is 0.151 e. The average molecular weight is 196 g/mol. The molecule has 0 saturated heterocycles. The number of rotatable bonds is 3. The summed E-state index contributed by atoms with van der Waals surface area (Å²) in [6.07, 6.45) is 4.48. The third-order valence-corrected chi connectivity index (χ3v) is 2.04. The van der Waals surface area contributed by atoms with E-state index in [9.17, 15) is 0 Å². The first-order chi connectivity index (χ1) is 7.45. The quantitative estimate of drug-likeness (QED) is 0.693. The third-order valence-electron chi connectivity index (χ3n) is 2.04. The largest absolute Gasteiger partial charge is 0.241 e. The van der Waals surface area contributed by atoms with E-state index < -0.39 is 0 Å². The Morgan fingerprint density at radius 1 is 1.00 bits per heavy atom. The van der Waals surface area contributed by atoms with Gasteiger partial charge in [0.2, 0.25) is 0 Å². The maximum atomic E-state index is 4.27. The van der Waals surface area contributed by atoms with Crippen LogP contribution in [0, 0.1) is 0 Å². The van der Waals surface area contributed by atoms with Crippen molar-refractivity contribution in [2.75, 3.05) is 0 Å². The van der Waals surface area contributed by atoms with Gasteiger partial charge < -0.3 is 0 Å². The second-order valence-corrected chi connectivity index (χ2v) is 3.19. The minimum absolute atomic E-state index is 0.758. The number of nitrogens with zero attached hydrogens (tertiary/aromatic N) is 2. The summed E-state index contributed by atoms with van der Waals surface area (Å²) in [4.78, 5) is 8.38. The summed E-state index contributed by atoms with van der Waals surface area (Å²) in [6, 6.07) is 16.0. The van der Waals surface area contributed by atoms with Crippen molar-refractivity contribution in [3.8, 4) is 0 Å². The molecule has 2 aromatic rings. The van der Waals surface area contributed by atoms with E-state index in [4.69, 9.17) is 0 Å². The summed E-state index contributed by atoms with van der Waals surface area (Å²) < 4.78 is 0. The fraction of sp³-hybridized carbons (Fsp3) is 0.0769. The topological polar surface area (TPSA) is 25.2 Å². The number of pyridine rings is 1. The van der Waals surface area contributed by atoms with Gasteiger partial charge in [0.05, 0.1) is 0 Å². The number of hydrogen-bond donors (Lipinski definition) is 0. The number of aromatic nitrogens is 1. The molecule has 0 aliphatic carbocycles. The van der Waals surface area contributed by atoms with Crippen LogP contribution in [0.15, 0.2) is 59.7 Å². The van der Waals surface area contributed by atoms with Crippen LogP contribution < -0.4 is 0 Å². The predicted octanol–water partition coefficient (Wildman–Crippen LogP) is 3.03. The molecule has 0 saturated carbocycles. The lowest BCUT2D eigenvalue weighted by Gasteiger charge is -1.94. The normalized spacial score (nSPS) is 10.7. The fourth-order valence-electron chi connectivity index (χ4n) is 1.29. The summed E-state index contributed by atoms with van der Waals surface area (Å²) in [5, 5.41) is 0. The number of benzene rings is 1. The molecule has 1 aromatic heterocycles. The van der Waals surface area contributed by atoms with Crippen LogP contribution in [0.4, 0.5) is 5.82 Å². The number of hydrogen-bond acceptors (Lipinski definition) is 2. The lowest BCUT2D eigenvalue weighted by Crippen LogP contribution is -1.84. The minimum atomic E-state index is 0.758. The zero-order valence-electron chi connectivity index (χ0n) is 8.38. The zero-order valence-corrected chi connectivity index (χ0v) is 8.38. The molecule has 2 heteroatoms. The minimum Gasteiger partial charge on any atom is -0.241 e. The molecule has 0 aliphatic rings. The second-order valence-electron chi connectivity index (χ2n) is 3.19. The van der Waals surface area contributed by atoms with Gasteiger partial charge in [-0.1, -0.05) is 36.4 Å². The van der Waals surface area contributed by atoms with E-state index in [1.165, 1.54) is 5.56 Å². The molecule has 15 heavy (non-hydrogen) atoms. The van der Waals surface area contributed by atoms with Crippen molar-refractivity contribution in [2.24, 2.45) is 4.99 Å². The first kappa shape index (κ1) is 9.59. The standard InChI is InChI=1S/C13H12N2/c1-2-6-12(7-3-1)9-11-15-13-8-4-5-10-14-13/h1-8,10-11H,9H2. The molecule has 1 heterocycles. The van der Waals surface area contributed by atoms with Crippen molar-refractivity contribution in [3.63, 3.8) is 0 Å². The summed E-state index contributed by atoms with van der Waals surface area (Å²) in [5.74, 6) is 0.758. The predicted molar refractivity (Wildman–Crippen MR) is 62.5 cm³/mol. The molecule has 0 fully saturated rings. The Balaban J connectivity index is 1.97. The molecular formula is C13H12N2. The van der Waals surface area contributed by atoms with Gasteiger partial charge in [0.1, 0.15) is 0 Å². The van der Waals surface area contributed by atoms with Gasteiger partial charge in [0.25, 0.3) is 0 Å². The van der Waals surface area contributed by atoms with Gasteiger partial charge in [0, 0.05) is 18.8 Å². The lowest BCUT2D eigenvalue weighted by atomic mass is 10.2. The van der Waals surface area contributed by atoms with E-state index in [0.717, 1.165) is 12.2 Å². The molecule has 0 bridgehead atoms. The van der Waals surface area contributed by atoms with Crippen LogP contribution in [-0.2, 0) is 6.42 Å². The monoisotopic (exact) mass is 196 g/mol. The molecule has 2 nitrogen and oxygen atoms in total. The SMILES string of the molecule is C(Cc1ccccc1)=Nc1ccccn1. The van der Waals surface area contributed by atoms with Gasteiger partial charge in [-0.15, -0.1) is 0 Å². The number of aliphatic imine (C=N–C) groups is 1. The van der Waals surface area contributed by atoms with Crippen LogP contribution >= 0.6 is 0 Å². The van der Waals surface area contributed by atoms with E-state index in [-0.39, 0.29) is 0 Å². The Morgan fingerprint density at radius 2 is 1.80 bits per heavy atom. The van der Waals surface area contributed by atoms with Gasteiger partial charge >= 0.3 is 0 Å². The molecule has 0 radical (unpaired) electrons. The molecule has 0 atom stereocenters. The highest BCUT2D eigenvalue weighted by Crippen LogP contribution is 2.04. The van der Waals surface area contributed by atoms with Crippen molar-refractivity contribution in [1.29, 1.82) is 0 Å². The van der Waals surface area contributed by atoms with Crippen molar-refractivity contribution in [2.45, 2.75) is 6.42 Å². The van der Waals surface area contributed by atoms with Gasteiger partial charge in [-0.2, -0.15) is 0 Å². The van der Waals surface area contributed by atoms with Gasteiger partial charge in [-0.25, -0.2) is 9.98 Å². The first-order valence-corrected chi connectivity index (χ1v) is 4.92. The van der Waals surface area contributed by atoms with Crippen LogP contribution in [-0.4, -0.2) is 11.2 Å². The Hall–Kier alpha value is -1.96. The van der Waals surface area contributed by atoms with Crippen LogP contribution in [0.3, 0.4) is 0 Å².